The Morgan fingerprint density at radius 1 is 1.16 bits per heavy atom. The van der Waals surface area contributed by atoms with Crippen molar-refractivity contribution in [2.24, 2.45) is 0 Å². The zero-order valence-electron chi connectivity index (χ0n) is 20.8. The first-order chi connectivity index (χ1) is 17.6. The second kappa shape index (κ2) is 11.8. The molecule has 10 nitrogen and oxygen atoms in total. The number of hydrogen-bond donors (Lipinski definition) is 1. The second-order valence-corrected chi connectivity index (χ2v) is 9.45. The summed E-state index contributed by atoms with van der Waals surface area (Å²) in [7, 11) is -1.48. The molecule has 0 aliphatic rings. The molecule has 1 aromatic carbocycles. The van der Waals surface area contributed by atoms with Crippen molar-refractivity contribution in [2.75, 3.05) is 32.2 Å². The summed E-state index contributed by atoms with van der Waals surface area (Å²) >= 11 is 0. The topological polar surface area (TPSA) is 122 Å². The van der Waals surface area contributed by atoms with E-state index in [-0.39, 0.29) is 23.9 Å². The van der Waals surface area contributed by atoms with Crippen molar-refractivity contribution >= 4 is 27.5 Å². The van der Waals surface area contributed by atoms with Gasteiger partial charge in [0.25, 0.3) is 15.6 Å². The number of sulfonamides is 1. The van der Waals surface area contributed by atoms with Gasteiger partial charge >= 0.3 is 0 Å². The highest BCUT2D eigenvalue weighted by atomic mass is 32.2. The molecule has 0 unspecified atom stereocenters. The fraction of sp³-hybridized carbons (Fsp3) is 0.240. The number of methoxy groups -OCH3 is 2. The zero-order valence-corrected chi connectivity index (χ0v) is 21.6. The van der Waals surface area contributed by atoms with Crippen LogP contribution in [0.4, 0.5) is 10.1 Å². The number of ether oxygens (including phenoxy) is 3. The molecule has 3 aromatic rings. The first kappa shape index (κ1) is 27.6. The predicted molar refractivity (Wildman–Crippen MR) is 138 cm³/mol. The van der Waals surface area contributed by atoms with Gasteiger partial charge in [-0.25, -0.2) is 22.8 Å². The average molecular weight is 531 g/mol. The standard InChI is InChI=1S/C25H27FN4O6S/c1-6-18(15-30-17(3)27-14-22(25(30)31)36-10-9-34-4)19-12-21(24(35-5)28-13-19)29-37(32,33)23-8-7-16(2)11-20(23)26/h6-8,11-15,29H,1,9-10H2,2-5H3/b18-15+. The molecule has 0 bridgehead atoms. The van der Waals surface area contributed by atoms with Gasteiger partial charge < -0.3 is 14.2 Å². The molecule has 0 spiro atoms. The normalized spacial score (nSPS) is 11.8. The molecular weight excluding hydrogens is 503 g/mol. The third kappa shape index (κ3) is 6.40. The molecule has 0 saturated heterocycles. The number of nitrogens with zero attached hydrogens (tertiary/aromatic N) is 3. The lowest BCUT2D eigenvalue weighted by atomic mass is 10.1. The summed E-state index contributed by atoms with van der Waals surface area (Å²) in [5.41, 5.74) is 0.895. The Hall–Kier alpha value is -4.03. The smallest absolute Gasteiger partial charge is 0.299 e. The zero-order chi connectivity index (χ0) is 27.2. The van der Waals surface area contributed by atoms with Gasteiger partial charge in [0.1, 0.15) is 28.8 Å². The summed E-state index contributed by atoms with van der Waals surface area (Å²) in [6.07, 6.45) is 5.69. The van der Waals surface area contributed by atoms with E-state index in [1.54, 1.807) is 13.8 Å². The lowest BCUT2D eigenvalue weighted by Crippen LogP contribution is -2.22. The van der Waals surface area contributed by atoms with E-state index < -0.39 is 26.3 Å². The highest BCUT2D eigenvalue weighted by Gasteiger charge is 2.22. The van der Waals surface area contributed by atoms with Gasteiger partial charge in [0.2, 0.25) is 11.6 Å². The Morgan fingerprint density at radius 2 is 1.92 bits per heavy atom. The summed E-state index contributed by atoms with van der Waals surface area (Å²) in [6.45, 7) is 7.54. The summed E-state index contributed by atoms with van der Waals surface area (Å²) in [4.78, 5) is 20.8. The maximum Gasteiger partial charge on any atom is 0.299 e. The van der Waals surface area contributed by atoms with E-state index in [1.807, 2.05) is 0 Å². The van der Waals surface area contributed by atoms with Gasteiger partial charge in [-0.3, -0.25) is 14.1 Å². The number of allylic oxidation sites excluding steroid dienone is 2. The number of hydrogen-bond acceptors (Lipinski definition) is 8. The van der Waals surface area contributed by atoms with Gasteiger partial charge in [0.15, 0.2) is 0 Å². The van der Waals surface area contributed by atoms with Gasteiger partial charge in [0.05, 0.1) is 19.9 Å². The van der Waals surface area contributed by atoms with E-state index in [1.165, 1.54) is 61.7 Å². The molecule has 2 aromatic heterocycles. The molecule has 3 rings (SSSR count). The Balaban J connectivity index is 2.04. The van der Waals surface area contributed by atoms with Gasteiger partial charge in [-0.2, -0.15) is 0 Å². The Morgan fingerprint density at radius 3 is 2.57 bits per heavy atom. The summed E-state index contributed by atoms with van der Waals surface area (Å²) in [6, 6.07) is 5.23. The minimum atomic E-state index is -4.31. The maximum absolute atomic E-state index is 14.4. The van der Waals surface area contributed by atoms with Crippen LogP contribution < -0.4 is 19.8 Å². The van der Waals surface area contributed by atoms with E-state index in [4.69, 9.17) is 14.2 Å². The van der Waals surface area contributed by atoms with Gasteiger partial charge in [-0.05, 0) is 43.2 Å². The molecular formula is C25H27FN4O6S. The van der Waals surface area contributed by atoms with Crippen LogP contribution in [0.25, 0.3) is 11.8 Å². The maximum atomic E-state index is 14.4. The van der Waals surface area contributed by atoms with Crippen LogP contribution in [0.5, 0.6) is 11.6 Å². The molecule has 0 aliphatic heterocycles. The molecule has 0 aliphatic carbocycles. The predicted octanol–water partition coefficient (Wildman–Crippen LogP) is 3.41. The number of rotatable bonds is 11. The van der Waals surface area contributed by atoms with Gasteiger partial charge in [-0.15, -0.1) is 0 Å². The third-order valence-electron chi connectivity index (χ3n) is 5.18. The van der Waals surface area contributed by atoms with Gasteiger partial charge in [-0.1, -0.05) is 18.7 Å². The molecule has 1 N–H and O–H groups in total. The van der Waals surface area contributed by atoms with Crippen molar-refractivity contribution in [3.8, 4) is 11.6 Å². The minimum absolute atomic E-state index is 0.0312. The van der Waals surface area contributed by atoms with Crippen LogP contribution in [0.1, 0.15) is 17.0 Å². The summed E-state index contributed by atoms with van der Waals surface area (Å²) in [5.74, 6) is -0.520. The summed E-state index contributed by atoms with van der Waals surface area (Å²) in [5, 5.41) is 0. The molecule has 0 radical (unpaired) electrons. The van der Waals surface area contributed by atoms with Crippen LogP contribution in [0.15, 0.2) is 59.0 Å². The SMILES string of the molecule is C=C/C(=C\n1c(C)ncc(OCCOC)c1=O)c1cnc(OC)c(NS(=O)(=O)c2ccc(C)cc2F)c1. The molecule has 37 heavy (non-hydrogen) atoms. The van der Waals surface area contributed by atoms with E-state index in [0.29, 0.717) is 29.1 Å². The van der Waals surface area contributed by atoms with Crippen molar-refractivity contribution in [2.45, 2.75) is 18.7 Å². The van der Waals surface area contributed by atoms with Crippen LogP contribution in [0.3, 0.4) is 0 Å². The minimum Gasteiger partial charge on any atom is -0.484 e. The van der Waals surface area contributed by atoms with E-state index >= 15 is 0 Å². The van der Waals surface area contributed by atoms with Crippen LogP contribution in [0.2, 0.25) is 0 Å². The monoisotopic (exact) mass is 530 g/mol. The van der Waals surface area contributed by atoms with Crippen molar-refractivity contribution in [1.82, 2.24) is 14.5 Å². The average Bonchev–Trinajstić information content (AvgIpc) is 2.85. The first-order valence-electron chi connectivity index (χ1n) is 11.0. The van der Waals surface area contributed by atoms with E-state index in [2.05, 4.69) is 21.3 Å². The number of anilines is 1. The fourth-order valence-corrected chi connectivity index (χ4v) is 4.38. The molecule has 0 atom stereocenters. The number of aryl methyl sites for hydroxylation is 2. The number of benzene rings is 1. The molecule has 0 amide bonds. The van der Waals surface area contributed by atoms with Crippen LogP contribution in [-0.2, 0) is 14.8 Å². The van der Waals surface area contributed by atoms with Crippen molar-refractivity contribution in [3.63, 3.8) is 0 Å². The highest BCUT2D eigenvalue weighted by molar-refractivity contribution is 7.92. The molecule has 2 heterocycles. The van der Waals surface area contributed by atoms with E-state index in [9.17, 15) is 17.6 Å². The van der Waals surface area contributed by atoms with Crippen LogP contribution >= 0.6 is 0 Å². The van der Waals surface area contributed by atoms with Crippen LogP contribution in [-0.4, -0.2) is 50.4 Å². The highest BCUT2D eigenvalue weighted by Crippen LogP contribution is 2.29. The fourth-order valence-electron chi connectivity index (χ4n) is 3.27. The largest absolute Gasteiger partial charge is 0.484 e. The molecule has 0 fully saturated rings. The Labute approximate surface area is 214 Å². The Kier molecular flexibility index (Phi) is 8.79. The van der Waals surface area contributed by atoms with Crippen molar-refractivity contribution < 1.29 is 27.0 Å². The quantitative estimate of drug-likeness (QED) is 0.296. The second-order valence-electron chi connectivity index (χ2n) is 7.79. The molecule has 196 valence electrons. The first-order valence-corrected chi connectivity index (χ1v) is 12.5. The van der Waals surface area contributed by atoms with Gasteiger partial charge in [0, 0.05) is 25.1 Å². The molecule has 12 heteroatoms. The van der Waals surface area contributed by atoms with E-state index in [0.717, 1.165) is 6.07 Å². The molecule has 0 saturated carbocycles. The number of pyridine rings is 1. The summed E-state index contributed by atoms with van der Waals surface area (Å²) < 4.78 is 59.4. The van der Waals surface area contributed by atoms with Crippen molar-refractivity contribution in [1.29, 1.82) is 0 Å². The lowest BCUT2D eigenvalue weighted by Gasteiger charge is -2.14. The Bertz CT molecular complexity index is 1500. The van der Waals surface area contributed by atoms with Crippen molar-refractivity contribution in [3.05, 3.63) is 82.4 Å². The number of aromatic nitrogens is 3. The van der Waals surface area contributed by atoms with Crippen LogP contribution in [0, 0.1) is 19.7 Å². The third-order valence-corrected chi connectivity index (χ3v) is 6.58. The lowest BCUT2D eigenvalue weighted by molar-refractivity contribution is 0.145. The number of nitrogens with one attached hydrogen (secondary N) is 1. The number of halogens is 1.